The van der Waals surface area contributed by atoms with Gasteiger partial charge in [-0.1, -0.05) is 18.2 Å². The molecule has 148 valence electrons. The van der Waals surface area contributed by atoms with E-state index in [9.17, 15) is 4.79 Å². The van der Waals surface area contributed by atoms with E-state index in [2.05, 4.69) is 0 Å². The van der Waals surface area contributed by atoms with Crippen molar-refractivity contribution in [1.29, 1.82) is 0 Å². The van der Waals surface area contributed by atoms with Gasteiger partial charge in [-0.25, -0.2) is 4.98 Å². The van der Waals surface area contributed by atoms with Crippen LogP contribution in [0.5, 0.6) is 11.5 Å². The molecular formula is C23H22N2O4. The maximum absolute atomic E-state index is 13.4. The van der Waals surface area contributed by atoms with E-state index in [1.807, 2.05) is 60.4 Å². The van der Waals surface area contributed by atoms with Crippen molar-refractivity contribution in [3.05, 3.63) is 54.1 Å². The number of nitrogens with zero attached hydrogens (tertiary/aromatic N) is 2. The molecule has 29 heavy (non-hydrogen) atoms. The van der Waals surface area contributed by atoms with Gasteiger partial charge in [0.25, 0.3) is 5.91 Å². The fourth-order valence-electron chi connectivity index (χ4n) is 3.88. The Morgan fingerprint density at radius 1 is 1.03 bits per heavy atom. The molecule has 1 unspecified atom stereocenters. The molecule has 0 bridgehead atoms. The van der Waals surface area contributed by atoms with E-state index >= 15 is 0 Å². The van der Waals surface area contributed by atoms with Crippen LogP contribution in [-0.2, 0) is 4.74 Å². The van der Waals surface area contributed by atoms with Crippen molar-refractivity contribution in [2.24, 2.45) is 0 Å². The monoisotopic (exact) mass is 390 g/mol. The lowest BCUT2D eigenvalue weighted by molar-refractivity contribution is -0.0123. The van der Waals surface area contributed by atoms with Crippen LogP contribution in [0.25, 0.3) is 22.2 Å². The molecule has 3 aromatic rings. The fourth-order valence-corrected chi connectivity index (χ4v) is 3.88. The summed E-state index contributed by atoms with van der Waals surface area (Å²) in [5, 5.41) is 0.859. The van der Waals surface area contributed by atoms with E-state index in [1.165, 1.54) is 0 Å². The summed E-state index contributed by atoms with van der Waals surface area (Å²) >= 11 is 0. The molecule has 6 nitrogen and oxygen atoms in total. The molecule has 0 saturated carbocycles. The molecule has 1 amide bonds. The van der Waals surface area contributed by atoms with E-state index in [0.29, 0.717) is 44.2 Å². The molecule has 1 fully saturated rings. The molecule has 5 rings (SSSR count). The maximum Gasteiger partial charge on any atom is 0.254 e. The Kier molecular flexibility index (Phi) is 4.56. The molecule has 3 heterocycles. The highest BCUT2D eigenvalue weighted by Crippen LogP contribution is 2.35. The van der Waals surface area contributed by atoms with Crippen LogP contribution >= 0.6 is 0 Å². The number of hydrogen-bond acceptors (Lipinski definition) is 5. The Labute approximate surface area is 169 Å². The van der Waals surface area contributed by atoms with Gasteiger partial charge in [0.1, 0.15) is 13.2 Å². The van der Waals surface area contributed by atoms with Gasteiger partial charge in [0, 0.05) is 24.0 Å². The van der Waals surface area contributed by atoms with Crippen molar-refractivity contribution in [2.45, 2.75) is 13.0 Å². The lowest BCUT2D eigenvalue weighted by Crippen LogP contribution is -2.44. The van der Waals surface area contributed by atoms with Crippen molar-refractivity contribution >= 4 is 16.8 Å². The summed E-state index contributed by atoms with van der Waals surface area (Å²) in [5.74, 6) is 1.45. The van der Waals surface area contributed by atoms with Gasteiger partial charge in [-0.15, -0.1) is 0 Å². The van der Waals surface area contributed by atoms with E-state index in [0.717, 1.165) is 27.9 Å². The van der Waals surface area contributed by atoms with Crippen molar-refractivity contribution in [2.75, 3.05) is 32.9 Å². The van der Waals surface area contributed by atoms with Gasteiger partial charge >= 0.3 is 0 Å². The van der Waals surface area contributed by atoms with Gasteiger partial charge in [0.2, 0.25) is 0 Å². The molecular weight excluding hydrogens is 368 g/mol. The zero-order valence-corrected chi connectivity index (χ0v) is 16.3. The molecule has 2 aliphatic heterocycles. The SMILES string of the molecule is CC1CN(C(=O)c2cc(-c3ccc4c(c3)OCCO4)nc3ccccc23)CCO1. The Hall–Kier alpha value is -3.12. The third-order valence-corrected chi connectivity index (χ3v) is 5.31. The van der Waals surface area contributed by atoms with Gasteiger partial charge in [-0.3, -0.25) is 4.79 Å². The van der Waals surface area contributed by atoms with Crippen LogP contribution in [0.3, 0.4) is 0 Å². The van der Waals surface area contributed by atoms with Crippen molar-refractivity contribution in [3.63, 3.8) is 0 Å². The second-order valence-electron chi connectivity index (χ2n) is 7.36. The number of carbonyl (C=O) groups is 1. The first-order valence-electron chi connectivity index (χ1n) is 9.90. The predicted molar refractivity (Wildman–Crippen MR) is 109 cm³/mol. The predicted octanol–water partition coefficient (Wildman–Crippen LogP) is 3.53. The average Bonchev–Trinajstić information content (AvgIpc) is 2.77. The molecule has 0 N–H and O–H groups in total. The van der Waals surface area contributed by atoms with E-state index in [4.69, 9.17) is 19.2 Å². The number of morpholine rings is 1. The van der Waals surface area contributed by atoms with Gasteiger partial charge in [-0.2, -0.15) is 0 Å². The van der Waals surface area contributed by atoms with Gasteiger partial charge < -0.3 is 19.1 Å². The zero-order chi connectivity index (χ0) is 19.8. The number of para-hydroxylation sites is 1. The van der Waals surface area contributed by atoms with Crippen molar-refractivity contribution < 1.29 is 19.0 Å². The van der Waals surface area contributed by atoms with Crippen LogP contribution in [0.4, 0.5) is 0 Å². The Morgan fingerprint density at radius 3 is 2.72 bits per heavy atom. The summed E-state index contributed by atoms with van der Waals surface area (Å²) in [6.07, 6.45) is 0.0399. The molecule has 1 saturated heterocycles. The highest BCUT2D eigenvalue weighted by atomic mass is 16.6. The van der Waals surface area contributed by atoms with Gasteiger partial charge in [0.05, 0.1) is 29.5 Å². The number of rotatable bonds is 2. The Morgan fingerprint density at radius 2 is 1.86 bits per heavy atom. The molecule has 6 heteroatoms. The van der Waals surface area contributed by atoms with Gasteiger partial charge in [-0.05, 0) is 37.3 Å². The first-order valence-corrected chi connectivity index (χ1v) is 9.90. The topological polar surface area (TPSA) is 60.9 Å². The van der Waals surface area contributed by atoms with Crippen LogP contribution in [0.15, 0.2) is 48.5 Å². The largest absolute Gasteiger partial charge is 0.486 e. The van der Waals surface area contributed by atoms with Crippen LogP contribution in [0, 0.1) is 0 Å². The zero-order valence-electron chi connectivity index (χ0n) is 16.3. The van der Waals surface area contributed by atoms with Crippen LogP contribution in [0.2, 0.25) is 0 Å². The molecule has 2 aromatic carbocycles. The molecule has 1 atom stereocenters. The van der Waals surface area contributed by atoms with Gasteiger partial charge in [0.15, 0.2) is 11.5 Å². The normalized spacial score (nSPS) is 18.7. The van der Waals surface area contributed by atoms with Crippen LogP contribution in [0.1, 0.15) is 17.3 Å². The summed E-state index contributed by atoms with van der Waals surface area (Å²) in [5.41, 5.74) is 3.09. The van der Waals surface area contributed by atoms with E-state index < -0.39 is 0 Å². The number of hydrogen-bond donors (Lipinski definition) is 0. The summed E-state index contributed by atoms with van der Waals surface area (Å²) in [6.45, 7) is 4.82. The summed E-state index contributed by atoms with van der Waals surface area (Å²) < 4.78 is 16.9. The van der Waals surface area contributed by atoms with Crippen LogP contribution in [-0.4, -0.2) is 54.8 Å². The second-order valence-corrected chi connectivity index (χ2v) is 7.36. The quantitative estimate of drug-likeness (QED) is 0.670. The van der Waals surface area contributed by atoms with E-state index in [1.54, 1.807) is 0 Å². The number of aromatic nitrogens is 1. The van der Waals surface area contributed by atoms with Crippen LogP contribution < -0.4 is 9.47 Å². The number of ether oxygens (including phenoxy) is 3. The molecule has 0 spiro atoms. The second kappa shape index (κ2) is 7.37. The minimum Gasteiger partial charge on any atom is -0.486 e. The first kappa shape index (κ1) is 17.9. The minimum atomic E-state index is 0.0116. The molecule has 1 aromatic heterocycles. The minimum absolute atomic E-state index is 0.0116. The molecule has 2 aliphatic rings. The number of amides is 1. The number of carbonyl (C=O) groups excluding carboxylic acids is 1. The highest BCUT2D eigenvalue weighted by molar-refractivity contribution is 6.07. The first-order chi connectivity index (χ1) is 14.2. The summed E-state index contributed by atoms with van der Waals surface area (Å²) in [4.78, 5) is 20.0. The Bertz CT molecular complexity index is 1080. The lowest BCUT2D eigenvalue weighted by Gasteiger charge is -2.31. The smallest absolute Gasteiger partial charge is 0.254 e. The maximum atomic E-state index is 13.4. The van der Waals surface area contributed by atoms with Crippen molar-refractivity contribution in [1.82, 2.24) is 9.88 Å². The summed E-state index contributed by atoms with van der Waals surface area (Å²) in [7, 11) is 0. The average molecular weight is 390 g/mol. The Balaban J connectivity index is 1.60. The van der Waals surface area contributed by atoms with Crippen molar-refractivity contribution in [3.8, 4) is 22.8 Å². The lowest BCUT2D eigenvalue weighted by atomic mass is 10.0. The highest BCUT2D eigenvalue weighted by Gasteiger charge is 2.25. The third kappa shape index (κ3) is 3.40. The fraction of sp³-hybridized carbons (Fsp3) is 0.304. The summed E-state index contributed by atoms with van der Waals surface area (Å²) in [6, 6.07) is 15.4. The molecule has 0 radical (unpaired) electrons. The van der Waals surface area contributed by atoms with E-state index in [-0.39, 0.29) is 12.0 Å². The number of benzene rings is 2. The third-order valence-electron chi connectivity index (χ3n) is 5.31. The standard InChI is InChI=1S/C23H22N2O4/c1-15-14-25(8-9-27-15)23(26)18-13-20(24-19-5-3-2-4-17(18)19)16-6-7-21-22(12-16)29-11-10-28-21/h2-7,12-13,15H,8-11,14H2,1H3. The number of pyridine rings is 1. The number of fused-ring (bicyclic) bond motifs is 2. The molecule has 0 aliphatic carbocycles.